The average molecular weight is 435 g/mol. The van der Waals surface area contributed by atoms with E-state index in [1.54, 1.807) is 12.1 Å². The van der Waals surface area contributed by atoms with Crippen LogP contribution in [0.1, 0.15) is 18.1 Å². The molecule has 1 aliphatic heterocycles. The summed E-state index contributed by atoms with van der Waals surface area (Å²) >= 11 is 6.38. The lowest BCUT2D eigenvalue weighted by molar-refractivity contribution is 0.174. The zero-order chi connectivity index (χ0) is 21.4. The highest BCUT2D eigenvalue weighted by Gasteiger charge is 2.18. The van der Waals surface area contributed by atoms with Crippen molar-refractivity contribution in [1.29, 1.82) is 0 Å². The molecule has 0 fully saturated rings. The third kappa shape index (κ3) is 3.73. The lowest BCUT2D eigenvalue weighted by Gasteiger charge is -2.14. The monoisotopic (exact) mass is 434 g/mol. The van der Waals surface area contributed by atoms with Crippen LogP contribution in [0.15, 0.2) is 69.9 Å². The van der Waals surface area contributed by atoms with Gasteiger partial charge >= 0.3 is 5.63 Å². The second-order valence-corrected chi connectivity index (χ2v) is 7.65. The van der Waals surface area contributed by atoms with Gasteiger partial charge in [0.15, 0.2) is 11.5 Å². The quantitative estimate of drug-likeness (QED) is 0.361. The number of aryl methyl sites for hydroxylation is 1. The number of rotatable bonds is 5. The molecule has 0 bridgehead atoms. The smallest absolute Gasteiger partial charge is 0.336 e. The van der Waals surface area contributed by atoms with Gasteiger partial charge in [0.1, 0.15) is 17.9 Å². The number of benzene rings is 3. The van der Waals surface area contributed by atoms with Crippen LogP contribution in [0, 0.1) is 0 Å². The normalized spacial score (nSPS) is 12.3. The maximum Gasteiger partial charge on any atom is 0.336 e. The van der Waals surface area contributed by atoms with E-state index in [4.69, 9.17) is 30.2 Å². The SMILES string of the molecule is CCc1cc2c(-c3ccccc3)cc(=O)oc2cc1OCc1cc2c(cc1Cl)OCO2. The Balaban J connectivity index is 1.53. The fraction of sp³-hybridized carbons (Fsp3) is 0.160. The number of halogens is 1. The van der Waals surface area contributed by atoms with Gasteiger partial charge in [0.2, 0.25) is 6.79 Å². The first kappa shape index (κ1) is 19.5. The summed E-state index contributed by atoms with van der Waals surface area (Å²) in [5, 5.41) is 1.41. The molecule has 0 saturated heterocycles. The van der Waals surface area contributed by atoms with E-state index in [-0.39, 0.29) is 13.4 Å². The maximum atomic E-state index is 12.2. The van der Waals surface area contributed by atoms with Gasteiger partial charge in [-0.05, 0) is 35.2 Å². The van der Waals surface area contributed by atoms with Crippen LogP contribution in [0.2, 0.25) is 5.02 Å². The van der Waals surface area contributed by atoms with Gasteiger partial charge in [0, 0.05) is 29.1 Å². The van der Waals surface area contributed by atoms with Crippen molar-refractivity contribution in [3.8, 4) is 28.4 Å². The zero-order valence-electron chi connectivity index (χ0n) is 16.8. The number of fused-ring (bicyclic) bond motifs is 2. The molecule has 0 spiro atoms. The van der Waals surface area contributed by atoms with Gasteiger partial charge in [-0.1, -0.05) is 48.9 Å². The third-order valence-corrected chi connectivity index (χ3v) is 5.67. The molecule has 0 aliphatic carbocycles. The Labute approximate surface area is 183 Å². The van der Waals surface area contributed by atoms with Gasteiger partial charge in [-0.2, -0.15) is 0 Å². The molecule has 0 N–H and O–H groups in total. The number of hydrogen-bond donors (Lipinski definition) is 0. The zero-order valence-corrected chi connectivity index (χ0v) is 17.6. The summed E-state index contributed by atoms with van der Waals surface area (Å²) in [5.41, 5.74) is 3.67. The second kappa shape index (κ2) is 8.00. The fourth-order valence-electron chi connectivity index (χ4n) is 3.73. The minimum Gasteiger partial charge on any atom is -0.488 e. The van der Waals surface area contributed by atoms with E-state index in [0.29, 0.717) is 27.9 Å². The predicted molar refractivity (Wildman–Crippen MR) is 119 cm³/mol. The highest BCUT2D eigenvalue weighted by Crippen LogP contribution is 2.38. The van der Waals surface area contributed by atoms with Gasteiger partial charge in [-0.3, -0.25) is 0 Å². The van der Waals surface area contributed by atoms with Crippen molar-refractivity contribution in [1.82, 2.24) is 0 Å². The highest BCUT2D eigenvalue weighted by molar-refractivity contribution is 6.31. The van der Waals surface area contributed by atoms with Crippen LogP contribution in [-0.4, -0.2) is 6.79 Å². The molecule has 4 aromatic rings. The Morgan fingerprint density at radius 1 is 0.968 bits per heavy atom. The lowest BCUT2D eigenvalue weighted by atomic mass is 9.99. The van der Waals surface area contributed by atoms with E-state index in [1.165, 1.54) is 6.07 Å². The summed E-state index contributed by atoms with van der Waals surface area (Å²) < 4.78 is 22.4. The van der Waals surface area contributed by atoms with Crippen LogP contribution in [0.5, 0.6) is 17.2 Å². The molecule has 31 heavy (non-hydrogen) atoms. The second-order valence-electron chi connectivity index (χ2n) is 7.24. The molecule has 0 unspecified atom stereocenters. The van der Waals surface area contributed by atoms with Crippen molar-refractivity contribution < 1.29 is 18.6 Å². The van der Waals surface area contributed by atoms with Gasteiger partial charge in [0.05, 0.1) is 5.02 Å². The molecule has 1 aliphatic rings. The molecule has 2 heterocycles. The number of ether oxygens (including phenoxy) is 3. The van der Waals surface area contributed by atoms with Crippen LogP contribution in [0.3, 0.4) is 0 Å². The Bertz CT molecular complexity index is 1330. The molecule has 1 aromatic heterocycles. The predicted octanol–water partition coefficient (Wildman–Crippen LogP) is 5.98. The van der Waals surface area contributed by atoms with Gasteiger partial charge in [-0.25, -0.2) is 4.79 Å². The van der Waals surface area contributed by atoms with Crippen molar-refractivity contribution in [3.05, 3.63) is 87.2 Å². The van der Waals surface area contributed by atoms with Gasteiger partial charge in [-0.15, -0.1) is 0 Å². The van der Waals surface area contributed by atoms with E-state index in [1.807, 2.05) is 42.5 Å². The first-order chi connectivity index (χ1) is 15.1. The highest BCUT2D eigenvalue weighted by atomic mass is 35.5. The number of hydrogen-bond acceptors (Lipinski definition) is 5. The first-order valence-electron chi connectivity index (χ1n) is 9.99. The lowest BCUT2D eigenvalue weighted by Crippen LogP contribution is -2.02. The summed E-state index contributed by atoms with van der Waals surface area (Å²) in [6, 6.07) is 18.7. The van der Waals surface area contributed by atoms with Crippen molar-refractivity contribution in [3.63, 3.8) is 0 Å². The summed E-state index contributed by atoms with van der Waals surface area (Å²) in [4.78, 5) is 12.2. The molecule has 0 saturated carbocycles. The largest absolute Gasteiger partial charge is 0.488 e. The van der Waals surface area contributed by atoms with Crippen molar-refractivity contribution >= 4 is 22.6 Å². The summed E-state index contributed by atoms with van der Waals surface area (Å²) in [6.07, 6.45) is 0.757. The average Bonchev–Trinajstić information content (AvgIpc) is 3.24. The molecule has 156 valence electrons. The van der Waals surface area contributed by atoms with Gasteiger partial charge < -0.3 is 18.6 Å². The Hall–Kier alpha value is -3.44. The molecule has 0 amide bonds. The Morgan fingerprint density at radius 3 is 2.52 bits per heavy atom. The third-order valence-electron chi connectivity index (χ3n) is 5.32. The molecule has 3 aromatic carbocycles. The van der Waals surface area contributed by atoms with Crippen LogP contribution < -0.4 is 19.8 Å². The van der Waals surface area contributed by atoms with E-state index in [2.05, 4.69) is 6.92 Å². The molecule has 5 rings (SSSR count). The molecule has 0 atom stereocenters. The van der Waals surface area contributed by atoms with Crippen molar-refractivity contribution in [2.45, 2.75) is 20.0 Å². The van der Waals surface area contributed by atoms with Crippen LogP contribution in [-0.2, 0) is 13.0 Å². The minimum absolute atomic E-state index is 0.184. The van der Waals surface area contributed by atoms with Gasteiger partial charge in [0.25, 0.3) is 0 Å². The fourth-order valence-corrected chi connectivity index (χ4v) is 3.94. The van der Waals surface area contributed by atoms with E-state index in [9.17, 15) is 4.79 Å². The van der Waals surface area contributed by atoms with E-state index in [0.717, 1.165) is 34.1 Å². The molecular weight excluding hydrogens is 416 g/mol. The Morgan fingerprint density at radius 2 is 1.74 bits per heavy atom. The van der Waals surface area contributed by atoms with Crippen LogP contribution >= 0.6 is 11.6 Å². The minimum atomic E-state index is -0.402. The summed E-state index contributed by atoms with van der Waals surface area (Å²) in [7, 11) is 0. The maximum absolute atomic E-state index is 12.2. The molecule has 6 heteroatoms. The van der Waals surface area contributed by atoms with E-state index < -0.39 is 5.63 Å². The van der Waals surface area contributed by atoms with Crippen LogP contribution in [0.4, 0.5) is 0 Å². The molecule has 0 radical (unpaired) electrons. The van der Waals surface area contributed by atoms with Crippen LogP contribution in [0.25, 0.3) is 22.1 Å². The first-order valence-corrected chi connectivity index (χ1v) is 10.4. The summed E-state index contributed by atoms with van der Waals surface area (Å²) in [5.74, 6) is 1.93. The molecule has 5 nitrogen and oxygen atoms in total. The topological polar surface area (TPSA) is 57.9 Å². The Kier molecular flexibility index (Phi) is 5.04. The summed E-state index contributed by atoms with van der Waals surface area (Å²) in [6.45, 7) is 2.49. The van der Waals surface area contributed by atoms with Crippen molar-refractivity contribution in [2.75, 3.05) is 6.79 Å². The molecular formula is C25H19ClO5. The van der Waals surface area contributed by atoms with E-state index >= 15 is 0 Å². The standard InChI is InChI=1S/C25H19ClO5/c1-2-15-8-19-18(16-6-4-3-5-7-16)10-25(27)31-22(19)12-21(15)28-13-17-9-23-24(11-20(17)26)30-14-29-23/h3-12H,2,13-14H2,1H3. The van der Waals surface area contributed by atoms with Crippen molar-refractivity contribution in [2.24, 2.45) is 0 Å².